The number of aliphatic hydroxyl groups excluding tert-OH is 2. The fourth-order valence-electron chi connectivity index (χ4n) is 2.80. The topological polar surface area (TPSA) is 93.6 Å². The SMILES string of the molecule is O=c1[nH]c2ccc(C(F)(F)F)cc2c(-c2cc(Cl)ccc2O)c1SC[C@H](O)CO. The molecule has 0 saturated heterocycles. The van der Waals surface area contributed by atoms with Gasteiger partial charge in [-0.3, -0.25) is 4.79 Å². The van der Waals surface area contributed by atoms with Crippen molar-refractivity contribution in [3.8, 4) is 16.9 Å². The maximum atomic E-state index is 13.3. The molecule has 0 spiro atoms. The number of hydrogen-bond acceptors (Lipinski definition) is 5. The molecule has 4 N–H and O–H groups in total. The fourth-order valence-corrected chi connectivity index (χ4v) is 3.98. The summed E-state index contributed by atoms with van der Waals surface area (Å²) >= 11 is 6.86. The van der Waals surface area contributed by atoms with Gasteiger partial charge in [-0.05, 0) is 36.4 Å². The Balaban J connectivity index is 2.37. The Labute approximate surface area is 171 Å². The zero-order chi connectivity index (χ0) is 21.3. The Bertz CT molecular complexity index is 1120. The third-order valence-corrected chi connectivity index (χ3v) is 5.62. The van der Waals surface area contributed by atoms with E-state index in [0.717, 1.165) is 30.0 Å². The van der Waals surface area contributed by atoms with Gasteiger partial charge in [0.1, 0.15) is 5.75 Å². The Morgan fingerprint density at radius 1 is 1.17 bits per heavy atom. The normalized spacial score (nSPS) is 13.0. The van der Waals surface area contributed by atoms with E-state index in [1.165, 1.54) is 18.2 Å². The average molecular weight is 446 g/mol. The third kappa shape index (κ3) is 4.53. The number of H-pyrrole nitrogens is 1. The van der Waals surface area contributed by atoms with Gasteiger partial charge in [0.15, 0.2) is 0 Å². The molecule has 0 unspecified atom stereocenters. The number of halogens is 4. The minimum Gasteiger partial charge on any atom is -0.507 e. The fraction of sp³-hybridized carbons (Fsp3) is 0.211. The first kappa shape index (κ1) is 21.5. The molecule has 29 heavy (non-hydrogen) atoms. The van der Waals surface area contributed by atoms with Crippen molar-refractivity contribution in [2.24, 2.45) is 0 Å². The maximum absolute atomic E-state index is 13.3. The van der Waals surface area contributed by atoms with Crippen LogP contribution in [0.1, 0.15) is 5.56 Å². The molecule has 154 valence electrons. The Morgan fingerprint density at radius 3 is 2.55 bits per heavy atom. The minimum atomic E-state index is -4.61. The molecule has 5 nitrogen and oxygen atoms in total. The zero-order valence-corrected chi connectivity index (χ0v) is 16.2. The molecule has 1 aromatic heterocycles. The molecular weight excluding hydrogens is 431 g/mol. The summed E-state index contributed by atoms with van der Waals surface area (Å²) in [5.41, 5.74) is -1.25. The van der Waals surface area contributed by atoms with Gasteiger partial charge < -0.3 is 20.3 Å². The van der Waals surface area contributed by atoms with Crippen LogP contribution >= 0.6 is 23.4 Å². The number of alkyl halides is 3. The summed E-state index contributed by atoms with van der Waals surface area (Å²) in [6.45, 7) is -0.547. The number of phenolic OH excluding ortho intramolecular Hbond substituents is 1. The quantitative estimate of drug-likeness (QED) is 0.445. The molecule has 0 saturated carbocycles. The van der Waals surface area contributed by atoms with Crippen LogP contribution in [-0.4, -0.2) is 38.8 Å². The van der Waals surface area contributed by atoms with E-state index >= 15 is 0 Å². The predicted molar refractivity (Wildman–Crippen MR) is 105 cm³/mol. The van der Waals surface area contributed by atoms with Crippen LogP contribution in [0, 0.1) is 0 Å². The molecule has 1 atom stereocenters. The first-order chi connectivity index (χ1) is 13.6. The first-order valence-electron chi connectivity index (χ1n) is 8.29. The van der Waals surface area contributed by atoms with Gasteiger partial charge in [0.2, 0.25) is 0 Å². The molecule has 3 aromatic rings. The van der Waals surface area contributed by atoms with Crippen LogP contribution in [0.5, 0.6) is 5.75 Å². The summed E-state index contributed by atoms with van der Waals surface area (Å²) in [5.74, 6) is -0.360. The summed E-state index contributed by atoms with van der Waals surface area (Å²) in [6, 6.07) is 6.89. The number of hydrogen-bond donors (Lipinski definition) is 4. The van der Waals surface area contributed by atoms with Gasteiger partial charge in [-0.15, -0.1) is 11.8 Å². The molecule has 0 radical (unpaired) electrons. The van der Waals surface area contributed by atoms with E-state index in [1.807, 2.05) is 0 Å². The number of aliphatic hydroxyl groups is 2. The lowest BCUT2D eigenvalue weighted by Gasteiger charge is -2.16. The van der Waals surface area contributed by atoms with Crippen molar-refractivity contribution >= 4 is 34.3 Å². The van der Waals surface area contributed by atoms with Gasteiger partial charge >= 0.3 is 6.18 Å². The van der Waals surface area contributed by atoms with Gasteiger partial charge in [0, 0.05) is 32.8 Å². The Morgan fingerprint density at radius 2 is 1.90 bits per heavy atom. The molecule has 0 aliphatic heterocycles. The van der Waals surface area contributed by atoms with Gasteiger partial charge in [-0.2, -0.15) is 13.2 Å². The molecule has 0 aliphatic rings. The van der Waals surface area contributed by atoms with Crippen molar-refractivity contribution in [3.05, 3.63) is 57.3 Å². The van der Waals surface area contributed by atoms with Crippen LogP contribution in [0.2, 0.25) is 5.02 Å². The molecule has 0 bridgehead atoms. The van der Waals surface area contributed by atoms with E-state index in [4.69, 9.17) is 16.7 Å². The molecule has 0 amide bonds. The van der Waals surface area contributed by atoms with Crippen molar-refractivity contribution in [3.63, 3.8) is 0 Å². The van der Waals surface area contributed by atoms with Crippen molar-refractivity contribution < 1.29 is 28.5 Å². The average Bonchev–Trinajstić information content (AvgIpc) is 2.66. The summed E-state index contributed by atoms with van der Waals surface area (Å²) in [6.07, 6.45) is -5.75. The van der Waals surface area contributed by atoms with Crippen LogP contribution in [0.25, 0.3) is 22.0 Å². The van der Waals surface area contributed by atoms with Gasteiger partial charge in [-0.25, -0.2) is 0 Å². The molecule has 0 fully saturated rings. The van der Waals surface area contributed by atoms with Gasteiger partial charge in [0.05, 0.1) is 23.2 Å². The highest BCUT2D eigenvalue weighted by Crippen LogP contribution is 2.42. The number of aromatic amines is 1. The summed E-state index contributed by atoms with van der Waals surface area (Å²) in [4.78, 5) is 15.2. The number of thioether (sulfide) groups is 1. The highest BCUT2D eigenvalue weighted by molar-refractivity contribution is 7.99. The van der Waals surface area contributed by atoms with E-state index in [2.05, 4.69) is 4.98 Å². The number of aromatic hydroxyl groups is 1. The number of phenols is 1. The highest BCUT2D eigenvalue weighted by atomic mass is 35.5. The second-order valence-corrected chi connectivity index (χ2v) is 7.69. The lowest BCUT2D eigenvalue weighted by Crippen LogP contribution is -2.17. The van der Waals surface area contributed by atoms with Crippen LogP contribution in [0.3, 0.4) is 0 Å². The van der Waals surface area contributed by atoms with Crippen molar-refractivity contribution in [1.29, 1.82) is 0 Å². The monoisotopic (exact) mass is 445 g/mol. The summed E-state index contributed by atoms with van der Waals surface area (Å²) in [5, 5.41) is 29.2. The Kier molecular flexibility index (Phi) is 6.13. The highest BCUT2D eigenvalue weighted by Gasteiger charge is 2.31. The summed E-state index contributed by atoms with van der Waals surface area (Å²) in [7, 11) is 0. The van der Waals surface area contributed by atoms with E-state index in [9.17, 15) is 28.2 Å². The number of fused-ring (bicyclic) bond motifs is 1. The number of benzene rings is 2. The van der Waals surface area contributed by atoms with Crippen molar-refractivity contribution in [1.82, 2.24) is 4.98 Å². The van der Waals surface area contributed by atoms with Crippen molar-refractivity contribution in [2.75, 3.05) is 12.4 Å². The third-order valence-electron chi connectivity index (χ3n) is 4.16. The van der Waals surface area contributed by atoms with E-state index in [-0.39, 0.29) is 43.5 Å². The zero-order valence-electron chi connectivity index (χ0n) is 14.6. The van der Waals surface area contributed by atoms with Crippen molar-refractivity contribution in [2.45, 2.75) is 17.2 Å². The second-order valence-electron chi connectivity index (χ2n) is 6.23. The number of pyridine rings is 1. The van der Waals surface area contributed by atoms with Gasteiger partial charge in [0.25, 0.3) is 5.56 Å². The molecule has 2 aromatic carbocycles. The molecule has 0 aliphatic carbocycles. The van der Waals surface area contributed by atoms with Crippen LogP contribution in [-0.2, 0) is 6.18 Å². The van der Waals surface area contributed by atoms with Gasteiger partial charge in [-0.1, -0.05) is 11.6 Å². The molecule has 3 rings (SSSR count). The van der Waals surface area contributed by atoms with Crippen LogP contribution in [0.4, 0.5) is 13.2 Å². The lowest BCUT2D eigenvalue weighted by atomic mass is 9.98. The van der Waals surface area contributed by atoms with Crippen LogP contribution in [0.15, 0.2) is 46.1 Å². The second kappa shape index (κ2) is 8.27. The molecule has 10 heteroatoms. The number of nitrogens with one attached hydrogen (secondary N) is 1. The first-order valence-corrected chi connectivity index (χ1v) is 9.66. The maximum Gasteiger partial charge on any atom is 0.416 e. The predicted octanol–water partition coefficient (Wildman–Crippen LogP) is 4.02. The van der Waals surface area contributed by atoms with E-state index in [1.54, 1.807) is 0 Å². The number of aromatic nitrogens is 1. The largest absolute Gasteiger partial charge is 0.507 e. The summed E-state index contributed by atoms with van der Waals surface area (Å²) < 4.78 is 39.8. The lowest BCUT2D eigenvalue weighted by molar-refractivity contribution is -0.137. The number of rotatable bonds is 5. The molecular formula is C19H15ClF3NO4S. The van der Waals surface area contributed by atoms with Crippen LogP contribution < -0.4 is 5.56 Å². The smallest absolute Gasteiger partial charge is 0.416 e. The molecule has 1 heterocycles. The van der Waals surface area contributed by atoms with E-state index < -0.39 is 30.0 Å². The van der Waals surface area contributed by atoms with E-state index in [0.29, 0.717) is 0 Å². The standard InChI is InChI=1S/C19H15ClF3NO4S/c20-10-2-4-15(27)13(6-10)16-12-5-9(19(21,22)23)1-3-14(12)24-18(28)17(16)29-8-11(26)7-25/h1-6,11,25-27H,7-8H2,(H,24,28)/t11-/m1/s1. The Hall–Kier alpha value is -2.20. The minimum absolute atomic E-state index is 0.0121.